The van der Waals surface area contributed by atoms with Gasteiger partial charge < -0.3 is 5.32 Å². The molecule has 2 aliphatic carbocycles. The van der Waals surface area contributed by atoms with Crippen molar-refractivity contribution < 1.29 is 26.4 Å². The van der Waals surface area contributed by atoms with Crippen LogP contribution >= 0.6 is 0 Å². The summed E-state index contributed by atoms with van der Waals surface area (Å²) in [4.78, 5) is 14.3. The van der Waals surface area contributed by atoms with Gasteiger partial charge in [0, 0.05) is 38.1 Å². The van der Waals surface area contributed by atoms with Crippen LogP contribution in [-0.4, -0.2) is 90.5 Å². The van der Waals surface area contributed by atoms with Gasteiger partial charge in [-0.05, 0) is 73.6 Å². The summed E-state index contributed by atoms with van der Waals surface area (Å²) in [5.74, 6) is 0. The molecule has 204 valence electrons. The van der Waals surface area contributed by atoms with Crippen LogP contribution in [0.1, 0.15) is 47.9 Å². The average molecular weight is 565 g/mol. The van der Waals surface area contributed by atoms with E-state index in [1.807, 2.05) is 0 Å². The van der Waals surface area contributed by atoms with E-state index >= 15 is 0 Å². The van der Waals surface area contributed by atoms with Crippen LogP contribution in [0, 0.1) is 0 Å². The first-order valence-corrected chi connectivity index (χ1v) is 14.0. The summed E-state index contributed by atoms with van der Waals surface area (Å²) in [6, 6.07) is 0.752. The van der Waals surface area contributed by atoms with Crippen LogP contribution in [0.4, 0.5) is 29.3 Å². The monoisotopic (exact) mass is 564 g/mol. The molecule has 0 radical (unpaired) electrons. The van der Waals surface area contributed by atoms with Crippen molar-refractivity contribution in [2.45, 2.75) is 63.6 Å². The van der Waals surface area contributed by atoms with Gasteiger partial charge in [-0.2, -0.15) is 26.7 Å². The zero-order chi connectivity index (χ0) is 26.4. The number of aryl methyl sites for hydroxylation is 3. The molecule has 0 atom stereocenters. The van der Waals surface area contributed by atoms with E-state index in [1.165, 1.54) is 33.1 Å². The Kier molecular flexibility index (Phi) is 8.73. The predicted octanol–water partition coefficient (Wildman–Crippen LogP) is 2.65. The quantitative estimate of drug-likeness (QED) is 0.526. The SMILES string of the molecule is Cn1cc(N(C2CCN(CC(F)(F)F)CC2)S(=O)(=O)NC(=O)Nc2c3c(cc4c2CCC4)CCC3)cn1.[NaH]. The van der Waals surface area contributed by atoms with E-state index in [1.54, 1.807) is 7.05 Å². The molecule has 5 rings (SSSR count). The Morgan fingerprint density at radius 1 is 1.11 bits per heavy atom. The van der Waals surface area contributed by atoms with Crippen LogP contribution in [0.25, 0.3) is 0 Å². The number of nitrogens with one attached hydrogen (secondary N) is 2. The topological polar surface area (TPSA) is 99.6 Å². The molecule has 2 aromatic rings. The van der Waals surface area contributed by atoms with Crippen molar-refractivity contribution in [3.63, 3.8) is 0 Å². The number of nitrogens with zero attached hydrogens (tertiary/aromatic N) is 4. The summed E-state index contributed by atoms with van der Waals surface area (Å²) < 4.78 is 70.3. The van der Waals surface area contributed by atoms with Gasteiger partial charge in [-0.15, -0.1) is 0 Å². The molecule has 2 heterocycles. The number of rotatable bonds is 6. The van der Waals surface area contributed by atoms with Gasteiger partial charge in [0.05, 0.1) is 18.4 Å². The first-order valence-electron chi connectivity index (χ1n) is 12.6. The number of benzene rings is 1. The number of carbonyl (C=O) groups is 1. The van der Waals surface area contributed by atoms with Crippen molar-refractivity contribution in [3.05, 3.63) is 40.7 Å². The van der Waals surface area contributed by atoms with E-state index in [0.29, 0.717) is 0 Å². The van der Waals surface area contributed by atoms with E-state index in [4.69, 9.17) is 0 Å². The van der Waals surface area contributed by atoms with E-state index in [2.05, 4.69) is 21.2 Å². The Bertz CT molecular complexity index is 1260. The first kappa shape index (κ1) is 29.2. The van der Waals surface area contributed by atoms with Crippen LogP contribution in [0.3, 0.4) is 0 Å². The number of anilines is 2. The van der Waals surface area contributed by atoms with Crippen LogP contribution in [-0.2, 0) is 42.9 Å². The fraction of sp³-hybridized carbons (Fsp3) is 0.583. The van der Waals surface area contributed by atoms with Gasteiger partial charge in [-0.3, -0.25) is 9.58 Å². The fourth-order valence-corrected chi connectivity index (χ4v) is 7.26. The van der Waals surface area contributed by atoms with Gasteiger partial charge >= 0.3 is 52.0 Å². The van der Waals surface area contributed by atoms with Crippen molar-refractivity contribution in [2.75, 3.05) is 29.3 Å². The summed E-state index contributed by atoms with van der Waals surface area (Å²) in [6.07, 6.45) is 4.49. The number of amides is 2. The second-order valence-corrected chi connectivity index (χ2v) is 11.6. The number of urea groups is 1. The zero-order valence-electron chi connectivity index (χ0n) is 20.6. The average Bonchev–Trinajstić information content (AvgIpc) is 3.54. The fourth-order valence-electron chi connectivity index (χ4n) is 5.91. The second kappa shape index (κ2) is 11.4. The van der Waals surface area contributed by atoms with Crippen LogP contribution in [0.5, 0.6) is 0 Å². The Morgan fingerprint density at radius 2 is 1.71 bits per heavy atom. The molecule has 1 saturated heterocycles. The van der Waals surface area contributed by atoms with Gasteiger partial charge in [0.2, 0.25) is 0 Å². The van der Waals surface area contributed by atoms with Gasteiger partial charge in [0.25, 0.3) is 0 Å². The number of alkyl halides is 3. The number of aromatic nitrogens is 2. The Balaban J connectivity index is 0.00000336. The maximum atomic E-state index is 13.5. The van der Waals surface area contributed by atoms with Crippen LogP contribution in [0.2, 0.25) is 0 Å². The molecule has 0 unspecified atom stereocenters. The molecule has 0 saturated carbocycles. The molecule has 3 aliphatic rings. The zero-order valence-corrected chi connectivity index (χ0v) is 21.5. The van der Waals surface area contributed by atoms with Gasteiger partial charge in [-0.1, -0.05) is 6.07 Å². The molecule has 1 aromatic carbocycles. The summed E-state index contributed by atoms with van der Waals surface area (Å²) in [5.41, 5.74) is 5.55. The molecule has 2 amide bonds. The standard InChI is InChI=1S/C24H31F3N6O3S.Na.H/c1-31-14-19(13-28-31)33(18-8-10-32(11-9-18)15-24(25,26)27)37(35,36)30-23(34)29-22-20-6-2-4-16(20)12-17-5-3-7-21(17)22;;/h12-14,18H,2-11,15H2,1H3,(H2,29,30,34);;. The molecule has 14 heteroatoms. The molecule has 9 nitrogen and oxygen atoms in total. The second-order valence-electron chi connectivity index (χ2n) is 10.1. The number of hydrogen-bond acceptors (Lipinski definition) is 5. The van der Waals surface area contributed by atoms with Gasteiger partial charge in [0.1, 0.15) is 0 Å². The van der Waals surface area contributed by atoms with E-state index in [-0.39, 0.29) is 61.2 Å². The van der Waals surface area contributed by atoms with Crippen LogP contribution in [0.15, 0.2) is 18.5 Å². The number of fused-ring (bicyclic) bond motifs is 2. The Labute approximate surface area is 242 Å². The van der Waals surface area contributed by atoms with E-state index < -0.39 is 35.0 Å². The normalized spacial score (nSPS) is 18.0. The summed E-state index contributed by atoms with van der Waals surface area (Å²) in [6.45, 7) is -0.859. The minimum atomic E-state index is -4.38. The number of carbonyl (C=O) groups excluding carboxylic acids is 1. The van der Waals surface area contributed by atoms with Gasteiger partial charge in [0.15, 0.2) is 0 Å². The third-order valence-corrected chi connectivity index (χ3v) is 8.90. The minimum absolute atomic E-state index is 0. The summed E-state index contributed by atoms with van der Waals surface area (Å²) >= 11 is 0. The Hall–Kier alpha value is -1.80. The Morgan fingerprint density at radius 3 is 2.24 bits per heavy atom. The first-order chi connectivity index (χ1) is 17.5. The van der Waals surface area contributed by atoms with Crippen LogP contribution < -0.4 is 14.3 Å². The number of piperidine rings is 1. The van der Waals surface area contributed by atoms with E-state index in [9.17, 15) is 26.4 Å². The van der Waals surface area contributed by atoms with Crippen molar-refractivity contribution in [3.8, 4) is 0 Å². The molecule has 1 fully saturated rings. The third-order valence-electron chi connectivity index (χ3n) is 7.43. The molecular formula is C24H32F3N6NaO3S. The molecule has 2 N–H and O–H groups in total. The molecule has 1 aliphatic heterocycles. The molecule has 0 spiro atoms. The van der Waals surface area contributed by atoms with Crippen molar-refractivity contribution in [1.29, 1.82) is 0 Å². The van der Waals surface area contributed by atoms with Crippen molar-refractivity contribution >= 4 is 57.2 Å². The maximum absolute atomic E-state index is 13.5. The molecule has 38 heavy (non-hydrogen) atoms. The molecule has 1 aromatic heterocycles. The molecular weight excluding hydrogens is 532 g/mol. The van der Waals surface area contributed by atoms with Gasteiger partial charge in [-0.25, -0.2) is 13.8 Å². The summed E-state index contributed by atoms with van der Waals surface area (Å²) in [7, 11) is -2.75. The number of likely N-dealkylation sites (tertiary alicyclic amines) is 1. The third kappa shape index (κ3) is 6.33. The molecule has 0 bridgehead atoms. The predicted molar refractivity (Wildman–Crippen MR) is 140 cm³/mol. The number of halogens is 3. The number of hydrogen-bond donors (Lipinski definition) is 2. The van der Waals surface area contributed by atoms with Crippen molar-refractivity contribution in [1.82, 2.24) is 19.4 Å². The van der Waals surface area contributed by atoms with Crippen molar-refractivity contribution in [2.24, 2.45) is 7.05 Å². The summed E-state index contributed by atoms with van der Waals surface area (Å²) in [5, 5.41) is 6.89. The van der Waals surface area contributed by atoms with E-state index in [0.717, 1.165) is 59.6 Å².